The molecular formula is C22H23N5O2S. The molecule has 1 aliphatic heterocycles. The highest BCUT2D eigenvalue weighted by atomic mass is 32.1. The Balaban J connectivity index is 1.70. The van der Waals surface area contributed by atoms with E-state index >= 15 is 0 Å². The summed E-state index contributed by atoms with van der Waals surface area (Å²) in [6, 6.07) is 13.7. The Labute approximate surface area is 180 Å². The third kappa shape index (κ3) is 4.04. The Bertz CT molecular complexity index is 1010. The van der Waals surface area contributed by atoms with E-state index in [0.29, 0.717) is 24.5 Å². The van der Waals surface area contributed by atoms with Crippen molar-refractivity contribution in [2.45, 2.75) is 24.9 Å². The molecule has 4 rings (SSSR count). The van der Waals surface area contributed by atoms with Crippen molar-refractivity contribution in [2.75, 3.05) is 13.7 Å². The van der Waals surface area contributed by atoms with Gasteiger partial charge in [-0.3, -0.25) is 14.8 Å². The van der Waals surface area contributed by atoms with Gasteiger partial charge in [-0.1, -0.05) is 6.07 Å². The zero-order chi connectivity index (χ0) is 20.9. The molecule has 0 aliphatic carbocycles. The first-order chi connectivity index (χ1) is 14.7. The molecule has 4 heterocycles. The number of pyridine rings is 2. The van der Waals surface area contributed by atoms with Crippen LogP contribution < -0.4 is 5.32 Å². The van der Waals surface area contributed by atoms with Crippen molar-refractivity contribution in [2.24, 2.45) is 0 Å². The number of methoxy groups -OCH3 is 1. The predicted octanol–water partition coefficient (Wildman–Crippen LogP) is 3.19. The number of nitrogens with zero attached hydrogens (tertiary/aromatic N) is 4. The van der Waals surface area contributed by atoms with Gasteiger partial charge in [-0.25, -0.2) is 0 Å². The summed E-state index contributed by atoms with van der Waals surface area (Å²) in [7, 11) is 1.41. The van der Waals surface area contributed by atoms with Crippen molar-refractivity contribution in [3.05, 3.63) is 78.6 Å². The van der Waals surface area contributed by atoms with Crippen molar-refractivity contribution in [1.29, 1.82) is 0 Å². The van der Waals surface area contributed by atoms with E-state index in [1.165, 1.54) is 7.11 Å². The van der Waals surface area contributed by atoms with Crippen LogP contribution in [0, 0.1) is 0 Å². The van der Waals surface area contributed by atoms with Crippen molar-refractivity contribution in [3.8, 4) is 5.69 Å². The molecule has 0 amide bonds. The number of ether oxygens (including phenoxy) is 1. The van der Waals surface area contributed by atoms with E-state index in [9.17, 15) is 4.79 Å². The summed E-state index contributed by atoms with van der Waals surface area (Å²) in [5.41, 5.74) is 2.97. The number of esters is 1. The van der Waals surface area contributed by atoms with E-state index in [2.05, 4.69) is 30.8 Å². The van der Waals surface area contributed by atoms with Crippen LogP contribution in [0.5, 0.6) is 0 Å². The van der Waals surface area contributed by atoms with Crippen LogP contribution in [0.25, 0.3) is 5.69 Å². The molecule has 8 heteroatoms. The fourth-order valence-corrected chi connectivity index (χ4v) is 4.16. The number of carbonyl (C=O) groups is 1. The number of hydrogen-bond acceptors (Lipinski definition) is 5. The maximum atomic E-state index is 11.6. The van der Waals surface area contributed by atoms with Gasteiger partial charge in [0.1, 0.15) is 0 Å². The first kappa shape index (κ1) is 20.0. The van der Waals surface area contributed by atoms with Crippen LogP contribution >= 0.6 is 12.2 Å². The molecule has 0 spiro atoms. The van der Waals surface area contributed by atoms with E-state index < -0.39 is 0 Å². The highest BCUT2D eigenvalue weighted by Crippen LogP contribution is 2.39. The minimum atomic E-state index is -0.218. The molecule has 0 unspecified atom stereocenters. The molecule has 1 saturated heterocycles. The highest BCUT2D eigenvalue weighted by molar-refractivity contribution is 7.80. The topological polar surface area (TPSA) is 72.3 Å². The van der Waals surface area contributed by atoms with E-state index in [-0.39, 0.29) is 18.1 Å². The number of hydrogen-bond donors (Lipinski definition) is 1. The molecule has 1 fully saturated rings. The van der Waals surface area contributed by atoms with Crippen LogP contribution in [0.4, 0.5) is 0 Å². The number of carbonyl (C=O) groups excluding carboxylic acids is 1. The van der Waals surface area contributed by atoms with Crippen molar-refractivity contribution < 1.29 is 9.53 Å². The Morgan fingerprint density at radius 3 is 2.83 bits per heavy atom. The van der Waals surface area contributed by atoms with Gasteiger partial charge in [0.2, 0.25) is 0 Å². The minimum absolute atomic E-state index is 0.0831. The molecule has 154 valence electrons. The average Bonchev–Trinajstić information content (AvgIpc) is 3.39. The lowest BCUT2D eigenvalue weighted by atomic mass is 10.0. The second kappa shape index (κ2) is 9.04. The summed E-state index contributed by atoms with van der Waals surface area (Å²) in [6.45, 7) is 0.632. The second-order valence-corrected chi connectivity index (χ2v) is 7.40. The largest absolute Gasteiger partial charge is 0.469 e. The summed E-state index contributed by atoms with van der Waals surface area (Å²) in [6.07, 6.45) is 8.40. The molecule has 0 aromatic carbocycles. The van der Waals surface area contributed by atoms with Crippen LogP contribution in [-0.2, 0) is 9.53 Å². The van der Waals surface area contributed by atoms with E-state index in [1.54, 1.807) is 12.4 Å². The molecule has 1 aliphatic rings. The first-order valence-electron chi connectivity index (χ1n) is 9.81. The van der Waals surface area contributed by atoms with Gasteiger partial charge in [0, 0.05) is 37.3 Å². The lowest BCUT2D eigenvalue weighted by Gasteiger charge is -2.28. The standard InChI is InChI=1S/C22H23N5O2S/c1-29-19(28)10-6-14-27-21(20(25-22(27)30)17-8-2-3-12-24-17)18-9-5-13-26(18)16-7-4-11-23-15-16/h2-5,7-9,11-13,15,20-21H,6,10,14H2,1H3,(H,25,30)/t20-,21+/m0/s1. The third-order valence-corrected chi connectivity index (χ3v) is 5.57. The molecular weight excluding hydrogens is 398 g/mol. The average molecular weight is 422 g/mol. The van der Waals surface area contributed by atoms with E-state index in [0.717, 1.165) is 17.1 Å². The van der Waals surface area contributed by atoms with Gasteiger partial charge in [-0.05, 0) is 55.0 Å². The summed E-state index contributed by atoms with van der Waals surface area (Å²) in [5.74, 6) is -0.218. The van der Waals surface area contributed by atoms with Gasteiger partial charge < -0.3 is 19.5 Å². The molecule has 0 saturated carbocycles. The molecule has 0 radical (unpaired) electrons. The lowest BCUT2D eigenvalue weighted by molar-refractivity contribution is -0.140. The van der Waals surface area contributed by atoms with Crippen molar-refractivity contribution in [3.63, 3.8) is 0 Å². The van der Waals surface area contributed by atoms with Gasteiger partial charge in [0.25, 0.3) is 0 Å². The summed E-state index contributed by atoms with van der Waals surface area (Å²) >= 11 is 5.69. The molecule has 7 nitrogen and oxygen atoms in total. The van der Waals surface area contributed by atoms with Crippen LogP contribution in [0.3, 0.4) is 0 Å². The summed E-state index contributed by atoms with van der Waals surface area (Å²) in [4.78, 5) is 22.6. The second-order valence-electron chi connectivity index (χ2n) is 7.01. The first-order valence-corrected chi connectivity index (χ1v) is 10.2. The fraction of sp³-hybridized carbons (Fsp3) is 0.273. The monoisotopic (exact) mass is 421 g/mol. The Hall–Kier alpha value is -3.26. The number of rotatable bonds is 7. The zero-order valence-corrected chi connectivity index (χ0v) is 17.5. The smallest absolute Gasteiger partial charge is 0.305 e. The van der Waals surface area contributed by atoms with Gasteiger partial charge in [0.15, 0.2) is 5.11 Å². The maximum absolute atomic E-state index is 11.6. The van der Waals surface area contributed by atoms with Gasteiger partial charge in [-0.15, -0.1) is 0 Å². The maximum Gasteiger partial charge on any atom is 0.305 e. The number of aromatic nitrogens is 3. The van der Waals surface area contributed by atoms with Crippen molar-refractivity contribution >= 4 is 23.3 Å². The molecule has 2 atom stereocenters. The highest BCUT2D eigenvalue weighted by Gasteiger charge is 2.41. The normalized spacial score (nSPS) is 18.3. The summed E-state index contributed by atoms with van der Waals surface area (Å²) in [5, 5.41) is 4.09. The Morgan fingerprint density at radius 2 is 2.10 bits per heavy atom. The lowest BCUT2D eigenvalue weighted by Crippen LogP contribution is -2.31. The quantitative estimate of drug-likeness (QED) is 0.464. The van der Waals surface area contributed by atoms with Crippen LogP contribution in [0.2, 0.25) is 0 Å². The van der Waals surface area contributed by atoms with E-state index in [4.69, 9.17) is 17.0 Å². The minimum Gasteiger partial charge on any atom is -0.469 e. The van der Waals surface area contributed by atoms with Gasteiger partial charge >= 0.3 is 5.97 Å². The van der Waals surface area contributed by atoms with E-state index in [1.807, 2.05) is 48.8 Å². The number of thiocarbonyl (C=S) groups is 1. The number of nitrogens with one attached hydrogen (secondary N) is 1. The molecule has 30 heavy (non-hydrogen) atoms. The molecule has 1 N–H and O–H groups in total. The summed E-state index contributed by atoms with van der Waals surface area (Å²) < 4.78 is 6.90. The van der Waals surface area contributed by atoms with Gasteiger partial charge in [0.05, 0.1) is 36.8 Å². The molecule has 3 aromatic heterocycles. The Kier molecular flexibility index (Phi) is 6.04. The predicted molar refractivity (Wildman–Crippen MR) is 117 cm³/mol. The van der Waals surface area contributed by atoms with Crippen LogP contribution in [0.15, 0.2) is 67.3 Å². The third-order valence-electron chi connectivity index (χ3n) is 5.21. The van der Waals surface area contributed by atoms with Crippen molar-refractivity contribution in [1.82, 2.24) is 24.8 Å². The van der Waals surface area contributed by atoms with Crippen LogP contribution in [-0.4, -0.2) is 44.2 Å². The van der Waals surface area contributed by atoms with Gasteiger partial charge in [-0.2, -0.15) is 0 Å². The SMILES string of the molecule is COC(=O)CCCN1C(=S)N[C@@H](c2ccccn2)[C@H]1c1cccn1-c1cccnc1. The zero-order valence-electron chi connectivity index (χ0n) is 16.6. The fourth-order valence-electron chi connectivity index (χ4n) is 3.83. The molecule has 0 bridgehead atoms. The molecule has 3 aromatic rings. The Morgan fingerprint density at radius 1 is 1.20 bits per heavy atom. The van der Waals surface area contributed by atoms with Crippen LogP contribution in [0.1, 0.15) is 36.3 Å².